The quantitative estimate of drug-likeness (QED) is 0.685. The maximum absolute atomic E-state index is 11.7. The molecule has 4 nitrogen and oxygen atoms in total. The van der Waals surface area contributed by atoms with Crippen molar-refractivity contribution in [1.82, 2.24) is 10.4 Å². The van der Waals surface area contributed by atoms with Gasteiger partial charge in [-0.3, -0.25) is 9.63 Å². The number of hydroxylamine groups is 2. The lowest BCUT2D eigenvalue weighted by molar-refractivity contribution is -0.172. The fourth-order valence-electron chi connectivity index (χ4n) is 1.86. The molecule has 1 aliphatic rings. The van der Waals surface area contributed by atoms with E-state index in [9.17, 15) is 4.79 Å². The highest BCUT2D eigenvalue weighted by Crippen LogP contribution is 2.20. The number of hydrogen-bond donors (Lipinski definition) is 1. The Morgan fingerprint density at radius 2 is 2.36 bits per heavy atom. The van der Waals surface area contributed by atoms with Crippen molar-refractivity contribution in [2.45, 2.75) is 32.2 Å². The van der Waals surface area contributed by atoms with Gasteiger partial charge in [0, 0.05) is 7.05 Å². The molecule has 0 aliphatic carbocycles. The molecule has 0 aromatic rings. The van der Waals surface area contributed by atoms with E-state index in [-0.39, 0.29) is 11.9 Å². The highest BCUT2D eigenvalue weighted by molar-refractivity contribution is 5.80. The molecule has 2 atom stereocenters. The van der Waals surface area contributed by atoms with Crippen LogP contribution in [0.1, 0.15) is 26.2 Å². The fraction of sp³-hybridized carbons (Fsp3) is 0.900. The van der Waals surface area contributed by atoms with E-state index in [1.807, 2.05) is 0 Å². The van der Waals surface area contributed by atoms with E-state index in [0.717, 1.165) is 19.4 Å². The summed E-state index contributed by atoms with van der Waals surface area (Å²) in [5.41, 5.74) is 0. The SMILES string of the molecule is CCC1CCNC(C(=O)N(C)OC)C1. The Hall–Kier alpha value is -0.610. The van der Waals surface area contributed by atoms with Crippen molar-refractivity contribution in [3.8, 4) is 0 Å². The van der Waals surface area contributed by atoms with Gasteiger partial charge in [0.05, 0.1) is 13.2 Å². The van der Waals surface area contributed by atoms with Crippen LogP contribution in [0.3, 0.4) is 0 Å². The minimum atomic E-state index is -0.0568. The lowest BCUT2D eigenvalue weighted by Crippen LogP contribution is -2.48. The Bertz CT molecular complexity index is 197. The summed E-state index contributed by atoms with van der Waals surface area (Å²) >= 11 is 0. The molecule has 4 heteroatoms. The molecule has 82 valence electrons. The van der Waals surface area contributed by atoms with Gasteiger partial charge in [0.25, 0.3) is 5.91 Å². The second-order valence-electron chi connectivity index (χ2n) is 3.82. The normalized spacial score (nSPS) is 27.4. The predicted octanol–water partition coefficient (Wildman–Crippen LogP) is 0.784. The van der Waals surface area contributed by atoms with Gasteiger partial charge < -0.3 is 5.32 Å². The average molecular weight is 200 g/mol. The Morgan fingerprint density at radius 3 is 2.93 bits per heavy atom. The van der Waals surface area contributed by atoms with Crippen molar-refractivity contribution in [3.63, 3.8) is 0 Å². The summed E-state index contributed by atoms with van der Waals surface area (Å²) in [4.78, 5) is 16.6. The summed E-state index contributed by atoms with van der Waals surface area (Å²) in [6.07, 6.45) is 3.27. The van der Waals surface area contributed by atoms with Gasteiger partial charge in [-0.15, -0.1) is 0 Å². The standard InChI is InChI=1S/C10H20N2O2/c1-4-8-5-6-11-9(7-8)10(13)12(2)14-3/h8-9,11H,4-7H2,1-3H3. The summed E-state index contributed by atoms with van der Waals surface area (Å²) < 4.78 is 0. The molecular weight excluding hydrogens is 180 g/mol. The van der Waals surface area contributed by atoms with Gasteiger partial charge in [0.1, 0.15) is 0 Å². The number of piperidine rings is 1. The van der Waals surface area contributed by atoms with Crippen LogP contribution < -0.4 is 5.32 Å². The van der Waals surface area contributed by atoms with Gasteiger partial charge >= 0.3 is 0 Å². The van der Waals surface area contributed by atoms with E-state index in [1.165, 1.54) is 18.6 Å². The molecule has 1 aliphatic heterocycles. The van der Waals surface area contributed by atoms with Crippen molar-refractivity contribution in [3.05, 3.63) is 0 Å². The number of nitrogens with zero attached hydrogens (tertiary/aromatic N) is 1. The molecule has 14 heavy (non-hydrogen) atoms. The number of likely N-dealkylation sites (N-methyl/N-ethyl adjacent to an activating group) is 1. The molecule has 1 amide bonds. The third-order valence-electron chi connectivity index (χ3n) is 2.97. The first kappa shape index (κ1) is 11.5. The number of carbonyl (C=O) groups is 1. The van der Waals surface area contributed by atoms with Crippen molar-refractivity contribution in [1.29, 1.82) is 0 Å². The molecule has 0 saturated carbocycles. The monoisotopic (exact) mass is 200 g/mol. The molecular formula is C10H20N2O2. The zero-order valence-corrected chi connectivity index (χ0v) is 9.25. The number of nitrogens with one attached hydrogen (secondary N) is 1. The van der Waals surface area contributed by atoms with Crippen LogP contribution in [0, 0.1) is 5.92 Å². The highest BCUT2D eigenvalue weighted by atomic mass is 16.7. The summed E-state index contributed by atoms with van der Waals surface area (Å²) in [6.45, 7) is 3.12. The second-order valence-corrected chi connectivity index (χ2v) is 3.82. The number of hydrogen-bond acceptors (Lipinski definition) is 3. The fourth-order valence-corrected chi connectivity index (χ4v) is 1.86. The van der Waals surface area contributed by atoms with Crippen LogP contribution in [0.4, 0.5) is 0 Å². The summed E-state index contributed by atoms with van der Waals surface area (Å²) in [5.74, 6) is 0.709. The van der Waals surface area contributed by atoms with Crippen molar-refractivity contribution >= 4 is 5.91 Å². The molecule has 1 fully saturated rings. The van der Waals surface area contributed by atoms with Crippen LogP contribution in [0.5, 0.6) is 0 Å². The van der Waals surface area contributed by atoms with Crippen molar-refractivity contribution in [2.75, 3.05) is 20.7 Å². The summed E-state index contributed by atoms with van der Waals surface area (Å²) in [7, 11) is 3.16. The van der Waals surface area contributed by atoms with Gasteiger partial charge in [-0.2, -0.15) is 0 Å². The van der Waals surface area contributed by atoms with Gasteiger partial charge in [0.15, 0.2) is 0 Å². The van der Waals surface area contributed by atoms with Crippen LogP contribution in [0.15, 0.2) is 0 Å². The van der Waals surface area contributed by atoms with E-state index >= 15 is 0 Å². The molecule has 1 saturated heterocycles. The maximum atomic E-state index is 11.7. The Kier molecular flexibility index (Phi) is 4.35. The molecule has 0 spiro atoms. The van der Waals surface area contributed by atoms with Crippen molar-refractivity contribution in [2.24, 2.45) is 5.92 Å². The number of carbonyl (C=O) groups excluding carboxylic acids is 1. The Morgan fingerprint density at radius 1 is 1.64 bits per heavy atom. The van der Waals surface area contributed by atoms with Crippen LogP contribution in [-0.4, -0.2) is 37.7 Å². The topological polar surface area (TPSA) is 41.6 Å². The molecule has 1 N–H and O–H groups in total. The minimum Gasteiger partial charge on any atom is -0.306 e. The molecule has 1 heterocycles. The number of rotatable bonds is 3. The number of amides is 1. The van der Waals surface area contributed by atoms with Crippen molar-refractivity contribution < 1.29 is 9.63 Å². The smallest absolute Gasteiger partial charge is 0.262 e. The largest absolute Gasteiger partial charge is 0.306 e. The lowest BCUT2D eigenvalue weighted by atomic mass is 9.90. The third-order valence-corrected chi connectivity index (χ3v) is 2.97. The molecule has 2 unspecified atom stereocenters. The first-order chi connectivity index (χ1) is 6.69. The lowest BCUT2D eigenvalue weighted by Gasteiger charge is -2.30. The Balaban J connectivity index is 2.47. The second kappa shape index (κ2) is 5.32. The minimum absolute atomic E-state index is 0.0330. The van der Waals surface area contributed by atoms with E-state index in [4.69, 9.17) is 4.84 Å². The van der Waals surface area contributed by atoms with Gasteiger partial charge in [-0.05, 0) is 25.3 Å². The Labute approximate surface area is 85.6 Å². The zero-order valence-electron chi connectivity index (χ0n) is 9.25. The van der Waals surface area contributed by atoms with Crippen LogP contribution in [-0.2, 0) is 9.63 Å². The summed E-state index contributed by atoms with van der Waals surface area (Å²) in [6, 6.07) is -0.0568. The first-order valence-corrected chi connectivity index (χ1v) is 5.24. The van der Waals surface area contributed by atoms with Gasteiger partial charge in [0.2, 0.25) is 0 Å². The van der Waals surface area contributed by atoms with E-state index in [2.05, 4.69) is 12.2 Å². The third kappa shape index (κ3) is 2.69. The predicted molar refractivity (Wildman–Crippen MR) is 54.6 cm³/mol. The molecule has 0 bridgehead atoms. The first-order valence-electron chi connectivity index (χ1n) is 5.24. The van der Waals surface area contributed by atoms with Gasteiger partial charge in [-0.1, -0.05) is 13.3 Å². The van der Waals surface area contributed by atoms with Crippen LogP contribution >= 0.6 is 0 Å². The maximum Gasteiger partial charge on any atom is 0.262 e. The molecule has 0 radical (unpaired) electrons. The van der Waals surface area contributed by atoms with E-state index < -0.39 is 0 Å². The molecule has 0 aromatic carbocycles. The van der Waals surface area contributed by atoms with Gasteiger partial charge in [-0.25, -0.2) is 5.06 Å². The van der Waals surface area contributed by atoms with E-state index in [1.54, 1.807) is 7.05 Å². The summed E-state index contributed by atoms with van der Waals surface area (Å²) in [5, 5.41) is 4.53. The molecule has 0 aromatic heterocycles. The average Bonchev–Trinajstić information content (AvgIpc) is 2.27. The highest BCUT2D eigenvalue weighted by Gasteiger charge is 2.27. The van der Waals surface area contributed by atoms with E-state index in [0.29, 0.717) is 5.92 Å². The zero-order chi connectivity index (χ0) is 10.6. The van der Waals surface area contributed by atoms with Crippen LogP contribution in [0.2, 0.25) is 0 Å². The van der Waals surface area contributed by atoms with Crippen LogP contribution in [0.25, 0.3) is 0 Å². The molecule has 1 rings (SSSR count).